The molecule has 1 N–H and O–H groups in total. The van der Waals surface area contributed by atoms with Gasteiger partial charge in [-0.05, 0) is 49.5 Å². The van der Waals surface area contributed by atoms with Crippen LogP contribution in [0.25, 0.3) is 0 Å². The van der Waals surface area contributed by atoms with Crippen molar-refractivity contribution in [3.8, 4) is 0 Å². The summed E-state index contributed by atoms with van der Waals surface area (Å²) < 4.78 is 44.5. The number of carbonyl (C=O) groups excluding carboxylic acids is 4. The van der Waals surface area contributed by atoms with Crippen molar-refractivity contribution in [2.45, 2.75) is 63.8 Å². The molecule has 4 aliphatic rings. The summed E-state index contributed by atoms with van der Waals surface area (Å²) in [6, 6.07) is 2.86. The fourth-order valence-corrected chi connectivity index (χ4v) is 9.00. The topological polar surface area (TPSA) is 114 Å². The van der Waals surface area contributed by atoms with Crippen LogP contribution in [0, 0.1) is 28.6 Å². The maximum Gasteiger partial charge on any atom is 0.375 e. The summed E-state index contributed by atoms with van der Waals surface area (Å²) in [6.07, 6.45) is 1.41. The van der Waals surface area contributed by atoms with E-state index >= 15 is 8.78 Å². The molecule has 8 nitrogen and oxygen atoms in total. The number of ether oxygens (including phenoxy) is 1. The molecular formula is C29H33F2NO7S. The molecule has 216 valence electrons. The Morgan fingerprint density at radius 2 is 1.93 bits per heavy atom. The van der Waals surface area contributed by atoms with Gasteiger partial charge in [0.15, 0.2) is 17.1 Å². The number of halogens is 2. The van der Waals surface area contributed by atoms with Gasteiger partial charge in [0.25, 0.3) is 5.24 Å². The summed E-state index contributed by atoms with van der Waals surface area (Å²) in [5.41, 5.74) is -7.22. The van der Waals surface area contributed by atoms with Crippen molar-refractivity contribution in [1.29, 1.82) is 0 Å². The fourth-order valence-electron chi connectivity index (χ4n) is 8.03. The number of aliphatic hydroxyl groups is 1. The predicted molar refractivity (Wildman–Crippen MR) is 141 cm³/mol. The van der Waals surface area contributed by atoms with Crippen molar-refractivity contribution in [2.75, 3.05) is 14.1 Å². The van der Waals surface area contributed by atoms with Crippen LogP contribution in [0.5, 0.6) is 0 Å². The number of thioether (sulfide) groups is 1. The lowest BCUT2D eigenvalue weighted by atomic mass is 9.45. The summed E-state index contributed by atoms with van der Waals surface area (Å²) in [7, 11) is 2.96. The highest BCUT2D eigenvalue weighted by Crippen LogP contribution is 2.72. The van der Waals surface area contributed by atoms with E-state index in [2.05, 4.69) is 0 Å². The molecule has 0 radical (unpaired) electrons. The van der Waals surface area contributed by atoms with Crippen molar-refractivity contribution in [2.24, 2.45) is 28.6 Å². The lowest BCUT2D eigenvalue weighted by Crippen LogP contribution is -2.69. The lowest BCUT2D eigenvalue weighted by Gasteiger charge is -2.62. The zero-order chi connectivity index (χ0) is 29.4. The third kappa shape index (κ3) is 3.65. The van der Waals surface area contributed by atoms with Gasteiger partial charge in [-0.15, -0.1) is 0 Å². The second kappa shape index (κ2) is 9.37. The number of hydrogen-bond acceptors (Lipinski definition) is 8. The molecule has 0 bridgehead atoms. The first kappa shape index (κ1) is 28.7. The van der Waals surface area contributed by atoms with Gasteiger partial charge in [0, 0.05) is 61.4 Å². The number of fused-ring (bicyclic) bond motifs is 5. The van der Waals surface area contributed by atoms with Crippen LogP contribution in [0.4, 0.5) is 13.6 Å². The van der Waals surface area contributed by atoms with Crippen LogP contribution in [0.3, 0.4) is 0 Å². The molecule has 1 aromatic heterocycles. The van der Waals surface area contributed by atoms with Crippen LogP contribution in [0.1, 0.15) is 57.0 Å². The Morgan fingerprint density at radius 1 is 1.23 bits per heavy atom. The van der Waals surface area contributed by atoms with Gasteiger partial charge in [-0.1, -0.05) is 19.9 Å². The molecule has 1 heterocycles. The highest BCUT2D eigenvalue weighted by atomic mass is 32.2. The summed E-state index contributed by atoms with van der Waals surface area (Å²) in [5.74, 6) is -4.56. The molecule has 0 aliphatic heterocycles. The van der Waals surface area contributed by atoms with E-state index in [-0.39, 0.29) is 42.8 Å². The van der Waals surface area contributed by atoms with Crippen molar-refractivity contribution in [1.82, 2.24) is 4.90 Å². The lowest BCUT2D eigenvalue weighted by molar-refractivity contribution is -0.214. The number of furan rings is 1. The van der Waals surface area contributed by atoms with E-state index in [1.807, 2.05) is 0 Å². The van der Waals surface area contributed by atoms with Crippen LogP contribution >= 0.6 is 11.8 Å². The van der Waals surface area contributed by atoms with E-state index in [9.17, 15) is 24.3 Å². The average Bonchev–Trinajstić information content (AvgIpc) is 3.49. The Labute approximate surface area is 235 Å². The number of esters is 1. The molecule has 40 heavy (non-hydrogen) atoms. The standard InChI is InChI=1S/C29H33F2NO7S/c1-15-11-17-18-13-20(30)19-12-16(33)8-9-26(19,2)28(18,31)22(34)14-27(17,3)29(15,24(36)40-25(37)32(4)5)39-23(35)21-7-6-10-38-21/h6-10,15,17-18,22,34H,11-14H2,1-5H3/t15-,17?,18?,22+,26+,27+,28+,29+/m1/s1. The minimum absolute atomic E-state index is 0.0335. The molecule has 0 spiro atoms. The summed E-state index contributed by atoms with van der Waals surface area (Å²) >= 11 is 0.382. The molecule has 4 aliphatic carbocycles. The molecule has 1 amide bonds. The van der Waals surface area contributed by atoms with E-state index in [1.54, 1.807) is 13.8 Å². The van der Waals surface area contributed by atoms with Gasteiger partial charge in [0.2, 0.25) is 10.9 Å². The van der Waals surface area contributed by atoms with Crippen molar-refractivity contribution < 1.29 is 42.2 Å². The largest absolute Gasteiger partial charge is 0.457 e. The number of carbonyl (C=O) groups is 4. The molecule has 2 saturated carbocycles. The van der Waals surface area contributed by atoms with E-state index in [0.29, 0.717) is 11.8 Å². The first-order valence-electron chi connectivity index (χ1n) is 13.3. The average molecular weight is 578 g/mol. The number of alkyl halides is 1. The Kier molecular flexibility index (Phi) is 6.73. The fraction of sp³-hybridized carbons (Fsp3) is 0.586. The van der Waals surface area contributed by atoms with Crippen molar-refractivity contribution in [3.63, 3.8) is 0 Å². The van der Waals surface area contributed by atoms with Crippen LogP contribution in [-0.4, -0.2) is 63.6 Å². The van der Waals surface area contributed by atoms with Gasteiger partial charge in [-0.3, -0.25) is 14.4 Å². The summed E-state index contributed by atoms with van der Waals surface area (Å²) in [6.45, 7) is 4.84. The molecule has 8 atom stereocenters. The normalized spacial score (nSPS) is 40.2. The highest BCUT2D eigenvalue weighted by Gasteiger charge is 2.78. The number of allylic oxidation sites excluding steroid dienone is 4. The van der Waals surface area contributed by atoms with Crippen LogP contribution < -0.4 is 0 Å². The molecule has 2 fully saturated rings. The Hall–Kier alpha value is -2.79. The Bertz CT molecular complexity index is 1340. The molecule has 0 aromatic carbocycles. The molecule has 0 saturated heterocycles. The summed E-state index contributed by atoms with van der Waals surface area (Å²) in [4.78, 5) is 53.4. The zero-order valence-electron chi connectivity index (χ0n) is 23.0. The van der Waals surface area contributed by atoms with Crippen molar-refractivity contribution in [3.05, 3.63) is 47.7 Å². The SMILES string of the molecule is C[C@@H]1CC2C3CC(F)=C4CC(=O)C=C[C@]4(C)[C@@]3(F)[C@@H](O)C[C@]2(C)[C@@]1(OC(=O)c1ccco1)C(=O)SC(=O)N(C)C. The molecular weight excluding hydrogens is 544 g/mol. The van der Waals surface area contributed by atoms with Gasteiger partial charge in [-0.25, -0.2) is 13.6 Å². The number of rotatable bonds is 3. The number of ketones is 1. The van der Waals surface area contributed by atoms with E-state index < -0.39 is 68.1 Å². The van der Waals surface area contributed by atoms with Crippen LogP contribution in [0.15, 0.2) is 46.4 Å². The van der Waals surface area contributed by atoms with Gasteiger partial charge >= 0.3 is 5.97 Å². The smallest absolute Gasteiger partial charge is 0.375 e. The molecule has 5 rings (SSSR count). The molecule has 1 aromatic rings. The van der Waals surface area contributed by atoms with E-state index in [4.69, 9.17) is 9.15 Å². The molecule has 11 heteroatoms. The highest BCUT2D eigenvalue weighted by molar-refractivity contribution is 8.26. The number of aliphatic hydroxyl groups excluding tert-OH is 1. The maximum atomic E-state index is 17.5. The van der Waals surface area contributed by atoms with Crippen LogP contribution in [0.2, 0.25) is 0 Å². The van der Waals surface area contributed by atoms with Gasteiger partial charge in [-0.2, -0.15) is 0 Å². The third-order valence-electron chi connectivity index (χ3n) is 10.0. The number of amides is 1. The minimum atomic E-state index is -2.35. The quantitative estimate of drug-likeness (QED) is 0.498. The first-order chi connectivity index (χ1) is 18.6. The molecule has 2 unspecified atom stereocenters. The van der Waals surface area contributed by atoms with Gasteiger partial charge in [0.1, 0.15) is 5.83 Å². The second-order valence-electron chi connectivity index (χ2n) is 12.2. The number of hydrogen-bond donors (Lipinski definition) is 1. The maximum absolute atomic E-state index is 17.5. The minimum Gasteiger partial charge on any atom is -0.457 e. The van der Waals surface area contributed by atoms with E-state index in [1.165, 1.54) is 56.5 Å². The van der Waals surface area contributed by atoms with Gasteiger partial charge in [0.05, 0.1) is 12.4 Å². The summed E-state index contributed by atoms with van der Waals surface area (Å²) in [5, 5.41) is 10.3. The monoisotopic (exact) mass is 577 g/mol. The van der Waals surface area contributed by atoms with Crippen LogP contribution in [-0.2, 0) is 14.3 Å². The third-order valence-corrected chi connectivity index (χ3v) is 11.1. The Morgan fingerprint density at radius 3 is 2.55 bits per heavy atom. The second-order valence-corrected chi connectivity index (χ2v) is 13.1. The number of nitrogens with zero attached hydrogens (tertiary/aromatic N) is 1. The van der Waals surface area contributed by atoms with Gasteiger partial charge < -0.3 is 19.2 Å². The zero-order valence-corrected chi connectivity index (χ0v) is 23.8. The Balaban J connectivity index is 1.65. The first-order valence-corrected chi connectivity index (χ1v) is 14.1. The van der Waals surface area contributed by atoms with Crippen molar-refractivity contribution >= 4 is 33.9 Å². The van der Waals surface area contributed by atoms with E-state index in [0.717, 1.165) is 0 Å². The predicted octanol–water partition coefficient (Wildman–Crippen LogP) is 5.03.